The molecule has 0 aromatic carbocycles. The molecule has 0 amide bonds. The zero-order valence-electron chi connectivity index (χ0n) is 7.17. The maximum absolute atomic E-state index is 12.5. The third-order valence-corrected chi connectivity index (χ3v) is 2.42. The van der Waals surface area contributed by atoms with Gasteiger partial charge in [-0.05, 0) is 11.1 Å². The van der Waals surface area contributed by atoms with Gasteiger partial charge < -0.3 is 0 Å². The average molecular weight is 261 g/mol. The predicted octanol–water partition coefficient (Wildman–Crippen LogP) is 2.98. The first-order valence-corrected chi connectivity index (χ1v) is 4.99. The molecular weight excluding hydrogens is 254 g/mol. The second-order valence-corrected chi connectivity index (χ2v) is 3.20. The Labute approximate surface area is 88.7 Å². The third-order valence-electron chi connectivity index (χ3n) is 1.81. The molecule has 1 aromatic heterocycles. The molecule has 0 fully saturated rings. The predicted molar refractivity (Wildman–Crippen MR) is 51.1 cm³/mol. The first-order valence-electron chi connectivity index (χ1n) is 3.87. The van der Waals surface area contributed by atoms with Crippen LogP contribution in [-0.2, 0) is 11.8 Å². The maximum Gasteiger partial charge on any atom is 0.265 e. The van der Waals surface area contributed by atoms with Crippen molar-refractivity contribution in [2.24, 2.45) is 0 Å². The van der Waals surface area contributed by atoms with Crippen LogP contribution < -0.4 is 0 Å². The van der Waals surface area contributed by atoms with E-state index in [4.69, 9.17) is 5.26 Å². The lowest BCUT2D eigenvalue weighted by atomic mass is 10.0. The molecule has 0 atom stereocenters. The zero-order chi connectivity index (χ0) is 10.6. The van der Waals surface area contributed by atoms with Gasteiger partial charge in [-0.3, -0.25) is 4.98 Å². The van der Waals surface area contributed by atoms with Gasteiger partial charge in [0.25, 0.3) is 6.43 Å². The van der Waals surface area contributed by atoms with Crippen molar-refractivity contribution in [2.75, 3.05) is 0 Å². The van der Waals surface area contributed by atoms with E-state index in [1.165, 1.54) is 6.20 Å². The van der Waals surface area contributed by atoms with Crippen LogP contribution in [0.2, 0.25) is 0 Å². The van der Waals surface area contributed by atoms with Crippen molar-refractivity contribution in [2.45, 2.75) is 18.2 Å². The molecule has 0 saturated carbocycles. The van der Waals surface area contributed by atoms with Gasteiger partial charge in [0, 0.05) is 23.3 Å². The molecular formula is C9H7BrF2N2. The normalized spacial score (nSPS) is 10.2. The highest BCUT2D eigenvalue weighted by Gasteiger charge is 2.15. The second-order valence-electron chi connectivity index (χ2n) is 2.64. The molecule has 0 N–H and O–H groups in total. The number of alkyl halides is 3. The van der Waals surface area contributed by atoms with Crippen molar-refractivity contribution < 1.29 is 8.78 Å². The highest BCUT2D eigenvalue weighted by Crippen LogP contribution is 2.25. The average Bonchev–Trinajstić information content (AvgIpc) is 2.18. The van der Waals surface area contributed by atoms with Gasteiger partial charge in [0.2, 0.25) is 0 Å². The van der Waals surface area contributed by atoms with E-state index in [-0.39, 0.29) is 12.0 Å². The van der Waals surface area contributed by atoms with Crippen molar-refractivity contribution in [1.29, 1.82) is 5.26 Å². The summed E-state index contributed by atoms with van der Waals surface area (Å²) in [5.74, 6) is 0. The summed E-state index contributed by atoms with van der Waals surface area (Å²) in [6, 6.07) is 1.87. The Kier molecular flexibility index (Phi) is 3.96. The van der Waals surface area contributed by atoms with Gasteiger partial charge >= 0.3 is 0 Å². The second kappa shape index (κ2) is 5.01. The number of nitrogens with zero attached hydrogens (tertiary/aromatic N) is 2. The van der Waals surface area contributed by atoms with Crippen LogP contribution in [0.4, 0.5) is 8.78 Å². The number of halogens is 3. The maximum atomic E-state index is 12.5. The summed E-state index contributed by atoms with van der Waals surface area (Å²) in [6.45, 7) is 0. The summed E-state index contributed by atoms with van der Waals surface area (Å²) < 4.78 is 25.0. The largest absolute Gasteiger partial charge is 0.265 e. The van der Waals surface area contributed by atoms with Crippen LogP contribution in [0.25, 0.3) is 0 Å². The minimum atomic E-state index is -2.58. The highest BCUT2D eigenvalue weighted by molar-refractivity contribution is 9.08. The molecule has 0 aliphatic carbocycles. The van der Waals surface area contributed by atoms with Crippen LogP contribution in [0.5, 0.6) is 0 Å². The van der Waals surface area contributed by atoms with Crippen LogP contribution in [0.1, 0.15) is 23.1 Å². The van der Waals surface area contributed by atoms with Crippen molar-refractivity contribution in [1.82, 2.24) is 4.98 Å². The van der Waals surface area contributed by atoms with Crippen LogP contribution >= 0.6 is 15.9 Å². The van der Waals surface area contributed by atoms with Gasteiger partial charge in [-0.2, -0.15) is 5.26 Å². The molecule has 74 valence electrons. The monoisotopic (exact) mass is 260 g/mol. The van der Waals surface area contributed by atoms with E-state index in [0.717, 1.165) is 6.20 Å². The van der Waals surface area contributed by atoms with Crippen molar-refractivity contribution >= 4 is 15.9 Å². The topological polar surface area (TPSA) is 36.7 Å². The van der Waals surface area contributed by atoms with Crippen molar-refractivity contribution in [3.8, 4) is 6.07 Å². The third kappa shape index (κ3) is 2.26. The standard InChI is InChI=1S/C9H7BrF2N2/c10-3-6-4-14-5-8(9(11)12)7(6)1-2-13/h4-5,9H,1,3H2. The summed E-state index contributed by atoms with van der Waals surface area (Å²) in [7, 11) is 0. The molecule has 0 spiro atoms. The Morgan fingerprint density at radius 2 is 2.21 bits per heavy atom. The summed E-state index contributed by atoms with van der Waals surface area (Å²) >= 11 is 3.17. The van der Waals surface area contributed by atoms with Gasteiger partial charge in [-0.1, -0.05) is 15.9 Å². The molecule has 0 aliphatic heterocycles. The molecule has 5 heteroatoms. The summed E-state index contributed by atoms with van der Waals surface area (Å²) in [6.07, 6.45) is 0.0183. The van der Waals surface area contributed by atoms with E-state index in [9.17, 15) is 8.78 Å². The fraction of sp³-hybridized carbons (Fsp3) is 0.333. The Morgan fingerprint density at radius 1 is 1.50 bits per heavy atom. The Balaban J connectivity index is 3.22. The molecule has 0 bridgehead atoms. The molecule has 2 nitrogen and oxygen atoms in total. The fourth-order valence-corrected chi connectivity index (χ4v) is 1.63. The van der Waals surface area contributed by atoms with Crippen LogP contribution in [-0.4, -0.2) is 4.98 Å². The van der Waals surface area contributed by atoms with Gasteiger partial charge in [0.05, 0.1) is 12.5 Å². The number of hydrogen-bond donors (Lipinski definition) is 0. The number of nitriles is 1. The van der Waals surface area contributed by atoms with E-state index in [1.807, 2.05) is 6.07 Å². The van der Waals surface area contributed by atoms with Gasteiger partial charge in [0.15, 0.2) is 0 Å². The Morgan fingerprint density at radius 3 is 2.71 bits per heavy atom. The minimum absolute atomic E-state index is 0.0108. The SMILES string of the molecule is N#CCc1c(CBr)cncc1C(F)F. The quantitative estimate of drug-likeness (QED) is 0.784. The van der Waals surface area contributed by atoms with E-state index < -0.39 is 6.43 Å². The fourth-order valence-electron chi connectivity index (χ4n) is 1.15. The Hall–Kier alpha value is -1.02. The highest BCUT2D eigenvalue weighted by atomic mass is 79.9. The molecule has 0 aliphatic rings. The van der Waals surface area contributed by atoms with E-state index in [2.05, 4.69) is 20.9 Å². The minimum Gasteiger partial charge on any atom is -0.264 e. The number of pyridine rings is 1. The van der Waals surface area contributed by atoms with Crippen LogP contribution in [0.15, 0.2) is 12.4 Å². The lowest BCUT2D eigenvalue weighted by molar-refractivity contribution is 0.150. The molecule has 0 saturated heterocycles. The van der Waals surface area contributed by atoms with Gasteiger partial charge in [-0.25, -0.2) is 8.78 Å². The number of rotatable bonds is 3. The molecule has 0 unspecified atom stereocenters. The van der Waals surface area contributed by atoms with Crippen molar-refractivity contribution in [3.63, 3.8) is 0 Å². The van der Waals surface area contributed by atoms with Crippen LogP contribution in [0, 0.1) is 11.3 Å². The molecule has 1 aromatic rings. The smallest absolute Gasteiger partial charge is 0.264 e. The lowest BCUT2D eigenvalue weighted by Gasteiger charge is -2.08. The zero-order valence-corrected chi connectivity index (χ0v) is 8.76. The molecule has 1 heterocycles. The summed E-state index contributed by atoms with van der Waals surface area (Å²) in [4.78, 5) is 3.70. The summed E-state index contributed by atoms with van der Waals surface area (Å²) in [5, 5.41) is 8.94. The van der Waals surface area contributed by atoms with Gasteiger partial charge in [-0.15, -0.1) is 0 Å². The summed E-state index contributed by atoms with van der Waals surface area (Å²) in [5.41, 5.74) is 0.877. The van der Waals surface area contributed by atoms with Gasteiger partial charge in [0.1, 0.15) is 0 Å². The first kappa shape index (κ1) is 11.1. The lowest BCUT2D eigenvalue weighted by Crippen LogP contribution is -2.00. The van der Waals surface area contributed by atoms with Crippen LogP contribution in [0.3, 0.4) is 0 Å². The first-order chi connectivity index (χ1) is 6.70. The Bertz CT molecular complexity index is 360. The van der Waals surface area contributed by atoms with E-state index >= 15 is 0 Å². The van der Waals surface area contributed by atoms with Crippen molar-refractivity contribution in [3.05, 3.63) is 29.1 Å². The van der Waals surface area contributed by atoms with E-state index in [1.54, 1.807) is 0 Å². The number of hydrogen-bond acceptors (Lipinski definition) is 2. The number of aromatic nitrogens is 1. The van der Waals surface area contributed by atoms with E-state index in [0.29, 0.717) is 16.5 Å². The molecule has 14 heavy (non-hydrogen) atoms. The molecule has 0 radical (unpaired) electrons. The molecule has 1 rings (SSSR count).